The van der Waals surface area contributed by atoms with Gasteiger partial charge in [0.1, 0.15) is 5.75 Å². The molecule has 2 aromatic carbocycles. The standard InChI is InChI=1S/C25H34F3N5O2/c1-5-33(6-2)22-11-10-20(23(34)15-22)16-29-30-24(35)18-32(4)13-12-31(3)17-19-8-7-9-21(14-19)25(26,27)28/h7-11,14-16,34H,5-6,12-13,17-18H2,1-4H3,(H,30,35)/b29-16+. The van der Waals surface area contributed by atoms with Crippen molar-refractivity contribution in [3.8, 4) is 5.75 Å². The lowest BCUT2D eigenvalue weighted by atomic mass is 10.1. The van der Waals surface area contributed by atoms with Gasteiger partial charge in [0.05, 0.1) is 18.3 Å². The summed E-state index contributed by atoms with van der Waals surface area (Å²) in [5.74, 6) is -0.239. The summed E-state index contributed by atoms with van der Waals surface area (Å²) in [6.07, 6.45) is -2.97. The van der Waals surface area contributed by atoms with Crippen molar-refractivity contribution in [2.24, 2.45) is 5.10 Å². The first-order chi connectivity index (χ1) is 16.5. The van der Waals surface area contributed by atoms with Crippen LogP contribution in [0.25, 0.3) is 0 Å². The van der Waals surface area contributed by atoms with Crippen LogP contribution in [0.2, 0.25) is 0 Å². The Labute approximate surface area is 204 Å². The van der Waals surface area contributed by atoms with Crippen molar-refractivity contribution in [1.29, 1.82) is 0 Å². The van der Waals surface area contributed by atoms with E-state index in [1.807, 2.05) is 31.9 Å². The van der Waals surface area contributed by atoms with E-state index in [0.717, 1.165) is 30.9 Å². The summed E-state index contributed by atoms with van der Waals surface area (Å²) in [5, 5.41) is 14.1. The van der Waals surface area contributed by atoms with Crippen LogP contribution in [0.5, 0.6) is 5.75 Å². The summed E-state index contributed by atoms with van der Waals surface area (Å²) in [5.41, 5.74) is 3.76. The van der Waals surface area contributed by atoms with Gasteiger partial charge in [-0.2, -0.15) is 18.3 Å². The molecule has 7 nitrogen and oxygen atoms in total. The molecule has 10 heteroatoms. The quantitative estimate of drug-likeness (QED) is 0.348. The molecule has 0 saturated heterocycles. The minimum absolute atomic E-state index is 0.0772. The number of nitrogens with one attached hydrogen (secondary N) is 1. The van der Waals surface area contributed by atoms with Crippen LogP contribution in [0, 0.1) is 0 Å². The number of amides is 1. The average molecular weight is 494 g/mol. The monoisotopic (exact) mass is 493 g/mol. The van der Waals surface area contributed by atoms with Crippen molar-refractivity contribution in [2.45, 2.75) is 26.6 Å². The van der Waals surface area contributed by atoms with Crippen LogP contribution in [0.3, 0.4) is 0 Å². The normalized spacial score (nSPS) is 12.0. The molecule has 0 heterocycles. The number of rotatable bonds is 12. The zero-order valence-electron chi connectivity index (χ0n) is 20.6. The Balaban J connectivity index is 1.78. The molecule has 2 rings (SSSR count). The van der Waals surface area contributed by atoms with E-state index in [2.05, 4.69) is 15.4 Å². The second-order valence-electron chi connectivity index (χ2n) is 8.38. The van der Waals surface area contributed by atoms with Crippen LogP contribution >= 0.6 is 0 Å². The molecule has 192 valence electrons. The van der Waals surface area contributed by atoms with Gasteiger partial charge in [-0.15, -0.1) is 0 Å². The van der Waals surface area contributed by atoms with Crippen molar-refractivity contribution in [3.05, 3.63) is 59.2 Å². The maximum Gasteiger partial charge on any atom is 0.416 e. The van der Waals surface area contributed by atoms with Crippen molar-refractivity contribution in [2.75, 3.05) is 51.7 Å². The number of anilines is 1. The Hall–Kier alpha value is -3.11. The van der Waals surface area contributed by atoms with E-state index in [4.69, 9.17) is 0 Å². The van der Waals surface area contributed by atoms with Gasteiger partial charge < -0.3 is 14.9 Å². The zero-order chi connectivity index (χ0) is 26.0. The molecule has 0 aliphatic carbocycles. The molecular formula is C25H34F3N5O2. The van der Waals surface area contributed by atoms with Gasteiger partial charge in [0.15, 0.2) is 0 Å². The molecule has 35 heavy (non-hydrogen) atoms. The lowest BCUT2D eigenvalue weighted by Crippen LogP contribution is -2.37. The summed E-state index contributed by atoms with van der Waals surface area (Å²) in [6.45, 7) is 7.30. The van der Waals surface area contributed by atoms with Gasteiger partial charge in [0.2, 0.25) is 0 Å². The highest BCUT2D eigenvalue weighted by atomic mass is 19.4. The van der Waals surface area contributed by atoms with Gasteiger partial charge >= 0.3 is 6.18 Å². The molecule has 1 amide bonds. The van der Waals surface area contributed by atoms with E-state index in [1.165, 1.54) is 12.3 Å². The number of benzene rings is 2. The van der Waals surface area contributed by atoms with Gasteiger partial charge in [-0.25, -0.2) is 5.43 Å². The first kappa shape index (κ1) is 28.1. The van der Waals surface area contributed by atoms with E-state index in [1.54, 1.807) is 30.1 Å². The van der Waals surface area contributed by atoms with Crippen LogP contribution in [0.1, 0.15) is 30.5 Å². The van der Waals surface area contributed by atoms with Crippen LogP contribution < -0.4 is 10.3 Å². The van der Waals surface area contributed by atoms with E-state index in [9.17, 15) is 23.1 Å². The highest BCUT2D eigenvalue weighted by molar-refractivity contribution is 5.86. The van der Waals surface area contributed by atoms with Crippen LogP contribution in [-0.4, -0.2) is 73.8 Å². The molecular weight excluding hydrogens is 459 g/mol. The number of aromatic hydroxyl groups is 1. The Bertz CT molecular complexity index is 993. The lowest BCUT2D eigenvalue weighted by Gasteiger charge is -2.22. The van der Waals surface area contributed by atoms with Crippen LogP contribution in [-0.2, 0) is 17.5 Å². The molecule has 0 saturated carbocycles. The van der Waals surface area contributed by atoms with Crippen LogP contribution in [0.15, 0.2) is 47.6 Å². The summed E-state index contributed by atoms with van der Waals surface area (Å²) < 4.78 is 38.6. The molecule has 0 radical (unpaired) electrons. The van der Waals surface area contributed by atoms with Gasteiger partial charge in [0.25, 0.3) is 5.91 Å². The van der Waals surface area contributed by atoms with Crippen LogP contribution in [0.4, 0.5) is 18.9 Å². The van der Waals surface area contributed by atoms with Crippen molar-refractivity contribution in [1.82, 2.24) is 15.2 Å². The third kappa shape index (κ3) is 9.22. The van der Waals surface area contributed by atoms with E-state index < -0.39 is 11.7 Å². The number of hydrazone groups is 1. The first-order valence-corrected chi connectivity index (χ1v) is 11.5. The number of hydrogen-bond acceptors (Lipinski definition) is 6. The number of alkyl halides is 3. The smallest absolute Gasteiger partial charge is 0.416 e. The minimum atomic E-state index is -4.36. The van der Waals surface area contributed by atoms with Crippen molar-refractivity contribution < 1.29 is 23.1 Å². The maximum absolute atomic E-state index is 12.9. The number of phenolic OH excluding ortho intramolecular Hbond substituents is 1. The average Bonchev–Trinajstić information content (AvgIpc) is 2.79. The molecule has 0 aromatic heterocycles. The number of carbonyl (C=O) groups excluding carboxylic acids is 1. The Morgan fingerprint density at radius 1 is 1.06 bits per heavy atom. The Morgan fingerprint density at radius 2 is 1.74 bits per heavy atom. The number of carbonyl (C=O) groups is 1. The van der Waals surface area contributed by atoms with E-state index >= 15 is 0 Å². The largest absolute Gasteiger partial charge is 0.507 e. The molecule has 2 aromatic rings. The summed E-state index contributed by atoms with van der Waals surface area (Å²) in [4.78, 5) is 18.0. The number of halogens is 3. The Kier molecular flexibility index (Phi) is 10.5. The number of likely N-dealkylation sites (N-methyl/N-ethyl adjacent to an activating group) is 2. The topological polar surface area (TPSA) is 71.4 Å². The van der Waals surface area contributed by atoms with E-state index in [0.29, 0.717) is 30.8 Å². The highest BCUT2D eigenvalue weighted by Gasteiger charge is 2.30. The van der Waals surface area contributed by atoms with Gasteiger partial charge in [-0.3, -0.25) is 9.69 Å². The van der Waals surface area contributed by atoms with Crippen molar-refractivity contribution in [3.63, 3.8) is 0 Å². The zero-order valence-corrected chi connectivity index (χ0v) is 20.6. The lowest BCUT2D eigenvalue weighted by molar-refractivity contribution is -0.137. The fraction of sp³-hybridized carbons (Fsp3) is 0.440. The van der Waals surface area contributed by atoms with E-state index in [-0.39, 0.29) is 18.2 Å². The second kappa shape index (κ2) is 13.1. The number of nitrogens with zero attached hydrogens (tertiary/aromatic N) is 4. The molecule has 0 fully saturated rings. The maximum atomic E-state index is 12.9. The Morgan fingerprint density at radius 3 is 2.37 bits per heavy atom. The highest BCUT2D eigenvalue weighted by Crippen LogP contribution is 2.29. The fourth-order valence-corrected chi connectivity index (χ4v) is 3.54. The van der Waals surface area contributed by atoms with Gasteiger partial charge in [-0.1, -0.05) is 18.2 Å². The third-order valence-corrected chi connectivity index (χ3v) is 5.52. The predicted molar refractivity (Wildman–Crippen MR) is 133 cm³/mol. The third-order valence-electron chi connectivity index (χ3n) is 5.52. The molecule has 0 bridgehead atoms. The van der Waals surface area contributed by atoms with Gasteiger partial charge in [-0.05, 0) is 51.7 Å². The molecule has 0 unspecified atom stereocenters. The molecule has 0 atom stereocenters. The van der Waals surface area contributed by atoms with Gasteiger partial charge in [0, 0.05) is 50.0 Å². The molecule has 0 spiro atoms. The second-order valence-corrected chi connectivity index (χ2v) is 8.38. The SMILES string of the molecule is CCN(CC)c1ccc(/C=N/NC(=O)CN(C)CCN(C)Cc2cccc(C(F)(F)F)c2)c(O)c1. The first-order valence-electron chi connectivity index (χ1n) is 11.5. The minimum Gasteiger partial charge on any atom is -0.507 e. The molecule has 0 aliphatic heterocycles. The molecule has 2 N–H and O–H groups in total. The fourth-order valence-electron chi connectivity index (χ4n) is 3.54. The van der Waals surface area contributed by atoms with Crippen molar-refractivity contribution >= 4 is 17.8 Å². The molecule has 0 aliphatic rings. The number of hydrogen-bond donors (Lipinski definition) is 2. The predicted octanol–water partition coefficient (Wildman–Crippen LogP) is 3.77. The number of phenols is 1. The summed E-state index contributed by atoms with van der Waals surface area (Å²) in [6, 6.07) is 10.6. The summed E-state index contributed by atoms with van der Waals surface area (Å²) >= 11 is 0. The summed E-state index contributed by atoms with van der Waals surface area (Å²) in [7, 11) is 3.59.